The van der Waals surface area contributed by atoms with Crippen molar-refractivity contribution >= 4 is 15.9 Å². The second-order valence-corrected chi connectivity index (χ2v) is 5.75. The molecule has 1 aliphatic rings. The predicted octanol–water partition coefficient (Wildman–Crippen LogP) is 4.54. The van der Waals surface area contributed by atoms with Crippen molar-refractivity contribution in [3.8, 4) is 5.75 Å². The Balaban J connectivity index is 2.20. The Morgan fingerprint density at radius 3 is 2.42 bits per heavy atom. The molecule has 1 fully saturated rings. The van der Waals surface area contributed by atoms with Crippen molar-refractivity contribution < 1.29 is 17.9 Å². The second kappa shape index (κ2) is 5.71. The van der Waals surface area contributed by atoms with Crippen molar-refractivity contribution in [2.45, 2.75) is 38.1 Å². The first-order chi connectivity index (χ1) is 8.85. The van der Waals surface area contributed by atoms with Gasteiger partial charge >= 0.3 is 6.36 Å². The highest BCUT2D eigenvalue weighted by Crippen LogP contribution is 2.37. The normalized spacial score (nSPS) is 18.6. The number of benzene rings is 1. The summed E-state index contributed by atoms with van der Waals surface area (Å²) in [5.74, 6) is 0.110. The fourth-order valence-electron chi connectivity index (χ4n) is 2.56. The van der Waals surface area contributed by atoms with Gasteiger partial charge < -0.3 is 10.5 Å². The number of nitrogens with two attached hydrogens (primary N) is 1. The molecule has 1 atom stereocenters. The molecule has 0 saturated heterocycles. The fourth-order valence-corrected chi connectivity index (χ4v) is 3.05. The van der Waals surface area contributed by atoms with Gasteiger partial charge in [-0.05, 0) is 42.5 Å². The number of hydrogen-bond acceptors (Lipinski definition) is 2. The van der Waals surface area contributed by atoms with E-state index in [0.717, 1.165) is 25.7 Å². The van der Waals surface area contributed by atoms with E-state index in [1.165, 1.54) is 12.1 Å². The summed E-state index contributed by atoms with van der Waals surface area (Å²) in [5, 5.41) is 0. The quantitative estimate of drug-likeness (QED) is 0.878. The maximum atomic E-state index is 12.2. The van der Waals surface area contributed by atoms with E-state index < -0.39 is 6.36 Å². The van der Waals surface area contributed by atoms with E-state index in [-0.39, 0.29) is 11.8 Å². The van der Waals surface area contributed by atoms with Gasteiger partial charge in [0.25, 0.3) is 0 Å². The molecule has 0 spiro atoms. The molecule has 19 heavy (non-hydrogen) atoms. The smallest absolute Gasteiger partial charge is 0.406 e. The van der Waals surface area contributed by atoms with Crippen LogP contribution in [0.15, 0.2) is 22.7 Å². The van der Waals surface area contributed by atoms with Crippen molar-refractivity contribution in [2.24, 2.45) is 11.7 Å². The molecular formula is C13H15BrF3NO. The molecule has 0 aromatic heterocycles. The van der Waals surface area contributed by atoms with Gasteiger partial charge in [-0.2, -0.15) is 0 Å². The maximum Gasteiger partial charge on any atom is 0.573 e. The van der Waals surface area contributed by atoms with Gasteiger partial charge in [0.15, 0.2) is 0 Å². The van der Waals surface area contributed by atoms with Crippen molar-refractivity contribution in [2.75, 3.05) is 0 Å². The topological polar surface area (TPSA) is 35.2 Å². The van der Waals surface area contributed by atoms with Gasteiger partial charge in [0.05, 0.1) is 0 Å². The zero-order chi connectivity index (χ0) is 14.0. The van der Waals surface area contributed by atoms with Crippen LogP contribution < -0.4 is 10.5 Å². The number of hydrogen-bond donors (Lipinski definition) is 1. The van der Waals surface area contributed by atoms with E-state index in [9.17, 15) is 13.2 Å². The van der Waals surface area contributed by atoms with Gasteiger partial charge in [0, 0.05) is 10.5 Å². The summed E-state index contributed by atoms with van der Waals surface area (Å²) < 4.78 is 41.2. The SMILES string of the molecule is N[C@@H](c1cc(Br)cc(OC(F)(F)F)c1)C1CCCC1. The number of alkyl halides is 3. The van der Waals surface area contributed by atoms with Crippen LogP contribution in [-0.2, 0) is 0 Å². The van der Waals surface area contributed by atoms with Gasteiger partial charge in [-0.3, -0.25) is 0 Å². The Morgan fingerprint density at radius 1 is 1.21 bits per heavy atom. The molecule has 1 aromatic rings. The molecule has 106 valence electrons. The highest BCUT2D eigenvalue weighted by Gasteiger charge is 2.32. The van der Waals surface area contributed by atoms with Crippen LogP contribution in [0, 0.1) is 5.92 Å². The summed E-state index contributed by atoms with van der Waals surface area (Å²) in [6.45, 7) is 0. The molecule has 0 aliphatic heterocycles. The van der Waals surface area contributed by atoms with E-state index in [0.29, 0.717) is 16.0 Å². The Bertz CT molecular complexity index is 444. The summed E-state index contributed by atoms with van der Waals surface area (Å²) in [4.78, 5) is 0. The van der Waals surface area contributed by atoms with Crippen molar-refractivity contribution in [3.63, 3.8) is 0 Å². The predicted molar refractivity (Wildman–Crippen MR) is 69.7 cm³/mol. The van der Waals surface area contributed by atoms with Crippen molar-refractivity contribution in [1.29, 1.82) is 0 Å². The minimum Gasteiger partial charge on any atom is -0.406 e. The van der Waals surface area contributed by atoms with E-state index in [2.05, 4.69) is 20.7 Å². The molecule has 1 aliphatic carbocycles. The number of ether oxygens (including phenoxy) is 1. The minimum atomic E-state index is -4.69. The molecule has 0 heterocycles. The standard InChI is InChI=1S/C13H15BrF3NO/c14-10-5-9(12(18)8-3-1-2-4-8)6-11(7-10)19-13(15,16)17/h5-8,12H,1-4,18H2/t12-/m1/s1. The molecule has 0 bridgehead atoms. The summed E-state index contributed by atoms with van der Waals surface area (Å²) in [5.41, 5.74) is 6.83. The Labute approximate surface area is 118 Å². The van der Waals surface area contributed by atoms with Crippen LogP contribution in [0.4, 0.5) is 13.2 Å². The molecular weight excluding hydrogens is 323 g/mol. The first-order valence-electron chi connectivity index (χ1n) is 6.17. The summed E-state index contributed by atoms with van der Waals surface area (Å²) in [6, 6.07) is 4.18. The molecule has 0 unspecified atom stereocenters. The van der Waals surface area contributed by atoms with Crippen LogP contribution in [0.1, 0.15) is 37.3 Å². The lowest BCUT2D eigenvalue weighted by Crippen LogP contribution is -2.20. The van der Waals surface area contributed by atoms with Gasteiger partial charge in [-0.15, -0.1) is 13.2 Å². The Kier molecular flexibility index (Phi) is 4.40. The second-order valence-electron chi connectivity index (χ2n) is 4.84. The summed E-state index contributed by atoms with van der Waals surface area (Å²) in [6.07, 6.45) is -0.349. The van der Waals surface area contributed by atoms with Gasteiger partial charge in [-0.1, -0.05) is 28.8 Å². The zero-order valence-electron chi connectivity index (χ0n) is 10.2. The van der Waals surface area contributed by atoms with Crippen LogP contribution in [0.2, 0.25) is 0 Å². The Morgan fingerprint density at radius 2 is 1.84 bits per heavy atom. The number of halogens is 4. The third kappa shape index (κ3) is 4.11. The molecule has 2 nitrogen and oxygen atoms in total. The molecule has 0 amide bonds. The van der Waals surface area contributed by atoms with Crippen LogP contribution in [-0.4, -0.2) is 6.36 Å². The lowest BCUT2D eigenvalue weighted by atomic mass is 9.92. The molecule has 6 heteroatoms. The molecule has 2 rings (SSSR count). The lowest BCUT2D eigenvalue weighted by molar-refractivity contribution is -0.274. The third-order valence-electron chi connectivity index (χ3n) is 3.42. The zero-order valence-corrected chi connectivity index (χ0v) is 11.8. The monoisotopic (exact) mass is 337 g/mol. The highest BCUT2D eigenvalue weighted by molar-refractivity contribution is 9.10. The summed E-state index contributed by atoms with van der Waals surface area (Å²) in [7, 11) is 0. The van der Waals surface area contributed by atoms with E-state index >= 15 is 0 Å². The molecule has 1 aromatic carbocycles. The summed E-state index contributed by atoms with van der Waals surface area (Å²) >= 11 is 3.19. The van der Waals surface area contributed by atoms with Crippen LogP contribution in [0.5, 0.6) is 5.75 Å². The van der Waals surface area contributed by atoms with Gasteiger partial charge in [0.1, 0.15) is 5.75 Å². The van der Waals surface area contributed by atoms with Crippen molar-refractivity contribution in [3.05, 3.63) is 28.2 Å². The fraction of sp³-hybridized carbons (Fsp3) is 0.538. The number of rotatable bonds is 3. The van der Waals surface area contributed by atoms with E-state index in [1.54, 1.807) is 6.07 Å². The molecule has 2 N–H and O–H groups in total. The van der Waals surface area contributed by atoms with Gasteiger partial charge in [-0.25, -0.2) is 0 Å². The Hall–Kier alpha value is -0.750. The maximum absolute atomic E-state index is 12.2. The van der Waals surface area contributed by atoms with Crippen LogP contribution >= 0.6 is 15.9 Å². The molecule has 0 radical (unpaired) electrons. The third-order valence-corrected chi connectivity index (χ3v) is 3.88. The van der Waals surface area contributed by atoms with Crippen molar-refractivity contribution in [1.82, 2.24) is 0 Å². The van der Waals surface area contributed by atoms with E-state index in [1.807, 2.05) is 0 Å². The van der Waals surface area contributed by atoms with Gasteiger partial charge in [0.2, 0.25) is 0 Å². The molecule has 1 saturated carbocycles. The minimum absolute atomic E-state index is 0.231. The highest BCUT2D eigenvalue weighted by atomic mass is 79.9. The van der Waals surface area contributed by atoms with Crippen LogP contribution in [0.3, 0.4) is 0 Å². The van der Waals surface area contributed by atoms with E-state index in [4.69, 9.17) is 5.73 Å². The lowest BCUT2D eigenvalue weighted by Gasteiger charge is -2.20. The average Bonchev–Trinajstić information content (AvgIpc) is 2.77. The first-order valence-corrected chi connectivity index (χ1v) is 6.96. The largest absolute Gasteiger partial charge is 0.573 e. The average molecular weight is 338 g/mol. The first kappa shape index (κ1) is 14.7. The van der Waals surface area contributed by atoms with Crippen LogP contribution in [0.25, 0.3) is 0 Å².